The molecule has 130 valence electrons. The van der Waals surface area contributed by atoms with Crippen LogP contribution in [0.15, 0.2) is 42.6 Å². The third-order valence-corrected chi connectivity index (χ3v) is 4.84. The summed E-state index contributed by atoms with van der Waals surface area (Å²) in [7, 11) is -1.65. The number of aromatic nitrogens is 1. The highest BCUT2D eigenvalue weighted by molar-refractivity contribution is 7.92. The van der Waals surface area contributed by atoms with Gasteiger partial charge < -0.3 is 10.1 Å². The fourth-order valence-corrected chi connectivity index (χ4v) is 3.30. The van der Waals surface area contributed by atoms with E-state index in [1.54, 1.807) is 19.4 Å². The Hall–Kier alpha value is -2.28. The first kappa shape index (κ1) is 18.1. The molecule has 24 heavy (non-hydrogen) atoms. The molecule has 0 spiro atoms. The molecular weight excluding hydrogens is 326 g/mol. The SMILES string of the molecule is CCCS(=O)(=O)Nc1ccc(NCCc2cccc(OC)c2)cn1. The Bertz CT molecular complexity index is 746. The summed E-state index contributed by atoms with van der Waals surface area (Å²) in [4.78, 5) is 4.13. The molecule has 0 aliphatic carbocycles. The summed E-state index contributed by atoms with van der Waals surface area (Å²) in [5.74, 6) is 1.27. The van der Waals surface area contributed by atoms with Gasteiger partial charge >= 0.3 is 0 Å². The average Bonchev–Trinajstić information content (AvgIpc) is 2.56. The van der Waals surface area contributed by atoms with Crippen LogP contribution in [0.4, 0.5) is 11.5 Å². The van der Waals surface area contributed by atoms with E-state index in [0.717, 1.165) is 24.4 Å². The van der Waals surface area contributed by atoms with Gasteiger partial charge in [0.25, 0.3) is 0 Å². The molecule has 1 aromatic heterocycles. The number of benzene rings is 1. The minimum atomic E-state index is -3.30. The van der Waals surface area contributed by atoms with Crippen LogP contribution >= 0.6 is 0 Å². The van der Waals surface area contributed by atoms with Crippen LogP contribution in [0, 0.1) is 0 Å². The molecule has 6 nitrogen and oxygen atoms in total. The van der Waals surface area contributed by atoms with Crippen molar-refractivity contribution in [3.05, 3.63) is 48.2 Å². The molecule has 0 radical (unpaired) electrons. The Morgan fingerprint density at radius 3 is 2.71 bits per heavy atom. The molecule has 0 unspecified atom stereocenters. The maximum absolute atomic E-state index is 11.7. The monoisotopic (exact) mass is 349 g/mol. The van der Waals surface area contributed by atoms with Gasteiger partial charge in [0, 0.05) is 6.54 Å². The highest BCUT2D eigenvalue weighted by Crippen LogP contribution is 2.14. The van der Waals surface area contributed by atoms with Gasteiger partial charge in [-0.05, 0) is 42.7 Å². The molecule has 1 aromatic carbocycles. The number of nitrogens with one attached hydrogen (secondary N) is 2. The molecule has 2 aromatic rings. The van der Waals surface area contributed by atoms with Crippen LogP contribution in [0.2, 0.25) is 0 Å². The smallest absolute Gasteiger partial charge is 0.233 e. The number of methoxy groups -OCH3 is 1. The highest BCUT2D eigenvalue weighted by Gasteiger charge is 2.09. The summed E-state index contributed by atoms with van der Waals surface area (Å²) in [6.07, 6.45) is 3.04. The van der Waals surface area contributed by atoms with E-state index >= 15 is 0 Å². The fraction of sp³-hybridized carbons (Fsp3) is 0.353. The highest BCUT2D eigenvalue weighted by atomic mass is 32.2. The van der Waals surface area contributed by atoms with Crippen molar-refractivity contribution in [2.75, 3.05) is 29.4 Å². The summed E-state index contributed by atoms with van der Waals surface area (Å²) in [5, 5.41) is 3.27. The predicted molar refractivity (Wildman–Crippen MR) is 97.1 cm³/mol. The molecule has 0 saturated heterocycles. The molecule has 0 saturated carbocycles. The minimum Gasteiger partial charge on any atom is -0.497 e. The summed E-state index contributed by atoms with van der Waals surface area (Å²) in [5.41, 5.74) is 2.02. The van der Waals surface area contributed by atoms with Gasteiger partial charge in [-0.3, -0.25) is 4.72 Å². The zero-order valence-corrected chi connectivity index (χ0v) is 14.8. The normalized spacial score (nSPS) is 11.1. The van der Waals surface area contributed by atoms with Gasteiger partial charge in [-0.15, -0.1) is 0 Å². The Kier molecular flexibility index (Phi) is 6.43. The molecule has 0 fully saturated rings. The van der Waals surface area contributed by atoms with Crippen LogP contribution in [0.5, 0.6) is 5.75 Å². The maximum Gasteiger partial charge on any atom is 0.233 e. The molecular formula is C17H23N3O3S. The van der Waals surface area contributed by atoms with E-state index in [4.69, 9.17) is 4.74 Å². The van der Waals surface area contributed by atoms with Crippen molar-refractivity contribution in [2.24, 2.45) is 0 Å². The molecule has 2 rings (SSSR count). The van der Waals surface area contributed by atoms with Gasteiger partial charge in [-0.2, -0.15) is 0 Å². The second-order valence-electron chi connectivity index (χ2n) is 5.38. The van der Waals surface area contributed by atoms with E-state index in [2.05, 4.69) is 15.0 Å². The number of sulfonamides is 1. The second kappa shape index (κ2) is 8.54. The third kappa shape index (κ3) is 5.73. The van der Waals surface area contributed by atoms with Crippen molar-refractivity contribution >= 4 is 21.5 Å². The topological polar surface area (TPSA) is 80.3 Å². The Labute approximate surface area is 143 Å². The number of ether oxygens (including phenoxy) is 1. The van der Waals surface area contributed by atoms with Gasteiger partial charge in [0.2, 0.25) is 10.0 Å². The minimum absolute atomic E-state index is 0.0925. The largest absolute Gasteiger partial charge is 0.497 e. The molecule has 0 aliphatic rings. The van der Waals surface area contributed by atoms with Gasteiger partial charge in [0.1, 0.15) is 11.6 Å². The first-order chi connectivity index (χ1) is 11.5. The first-order valence-corrected chi connectivity index (χ1v) is 9.51. The van der Waals surface area contributed by atoms with Crippen LogP contribution in [0.3, 0.4) is 0 Å². The fourth-order valence-electron chi connectivity index (χ4n) is 2.22. The van der Waals surface area contributed by atoms with Crippen molar-refractivity contribution < 1.29 is 13.2 Å². The van der Waals surface area contributed by atoms with Crippen molar-refractivity contribution in [1.29, 1.82) is 0 Å². The molecule has 1 heterocycles. The Morgan fingerprint density at radius 2 is 2.04 bits per heavy atom. The van der Waals surface area contributed by atoms with Crippen molar-refractivity contribution in [1.82, 2.24) is 4.98 Å². The van der Waals surface area contributed by atoms with Crippen LogP contribution in [0.25, 0.3) is 0 Å². The standard InChI is InChI=1S/C17H23N3O3S/c1-3-11-24(21,22)20-17-8-7-15(13-19-17)18-10-9-14-5-4-6-16(12-14)23-2/h4-8,12-13,18H,3,9-11H2,1-2H3,(H,19,20). The zero-order chi connectivity index (χ0) is 17.4. The summed E-state index contributed by atoms with van der Waals surface area (Å²) in [6, 6.07) is 11.4. The number of hydrogen-bond donors (Lipinski definition) is 2. The summed E-state index contributed by atoms with van der Waals surface area (Å²) < 4.78 is 31.0. The number of hydrogen-bond acceptors (Lipinski definition) is 5. The molecule has 2 N–H and O–H groups in total. The van der Waals surface area contributed by atoms with E-state index in [0.29, 0.717) is 12.2 Å². The lowest BCUT2D eigenvalue weighted by molar-refractivity contribution is 0.414. The second-order valence-corrected chi connectivity index (χ2v) is 7.22. The predicted octanol–water partition coefficient (Wildman–Crippen LogP) is 2.90. The van der Waals surface area contributed by atoms with E-state index < -0.39 is 10.0 Å². The lowest BCUT2D eigenvalue weighted by atomic mass is 10.1. The van der Waals surface area contributed by atoms with Gasteiger partial charge in [-0.1, -0.05) is 19.1 Å². The first-order valence-electron chi connectivity index (χ1n) is 7.86. The lowest BCUT2D eigenvalue weighted by Gasteiger charge is -2.09. The van der Waals surface area contributed by atoms with Crippen molar-refractivity contribution in [2.45, 2.75) is 19.8 Å². The Balaban J connectivity index is 1.85. The van der Waals surface area contributed by atoms with E-state index in [-0.39, 0.29) is 5.75 Å². The molecule has 0 amide bonds. The van der Waals surface area contributed by atoms with Gasteiger partial charge in [0.05, 0.1) is 24.7 Å². The van der Waals surface area contributed by atoms with Gasteiger partial charge in [0.15, 0.2) is 0 Å². The van der Waals surface area contributed by atoms with Crippen LogP contribution in [-0.4, -0.2) is 32.8 Å². The molecule has 0 aliphatic heterocycles. The quantitative estimate of drug-likeness (QED) is 0.727. The third-order valence-electron chi connectivity index (χ3n) is 3.37. The number of pyridine rings is 1. The number of anilines is 2. The zero-order valence-electron chi connectivity index (χ0n) is 14.0. The van der Waals surface area contributed by atoms with Gasteiger partial charge in [-0.25, -0.2) is 13.4 Å². The van der Waals surface area contributed by atoms with Crippen LogP contribution in [-0.2, 0) is 16.4 Å². The number of nitrogens with zero attached hydrogens (tertiary/aromatic N) is 1. The summed E-state index contributed by atoms with van der Waals surface area (Å²) >= 11 is 0. The Morgan fingerprint density at radius 1 is 1.21 bits per heavy atom. The summed E-state index contributed by atoms with van der Waals surface area (Å²) in [6.45, 7) is 2.57. The molecule has 0 bridgehead atoms. The van der Waals surface area contributed by atoms with Crippen LogP contribution < -0.4 is 14.8 Å². The molecule has 0 atom stereocenters. The van der Waals surface area contributed by atoms with E-state index in [1.165, 1.54) is 5.56 Å². The van der Waals surface area contributed by atoms with Crippen LogP contribution in [0.1, 0.15) is 18.9 Å². The van der Waals surface area contributed by atoms with E-state index in [9.17, 15) is 8.42 Å². The van der Waals surface area contributed by atoms with E-state index in [1.807, 2.05) is 37.3 Å². The van der Waals surface area contributed by atoms with Crippen molar-refractivity contribution in [3.8, 4) is 5.75 Å². The molecule has 7 heteroatoms. The average molecular weight is 349 g/mol. The maximum atomic E-state index is 11.7. The lowest BCUT2D eigenvalue weighted by Crippen LogP contribution is -2.16. The van der Waals surface area contributed by atoms with Crippen molar-refractivity contribution in [3.63, 3.8) is 0 Å². The number of rotatable bonds is 9.